The number of rotatable bonds is 0. The van der Waals surface area contributed by atoms with Crippen molar-refractivity contribution in [1.29, 1.82) is 0 Å². The molecule has 0 aromatic heterocycles. The minimum Gasteiger partial charge on any atom is -0.342 e. The number of fused-ring (bicyclic) bond motifs is 1. The van der Waals surface area contributed by atoms with Gasteiger partial charge in [-0.25, -0.2) is 5.01 Å². The highest BCUT2D eigenvalue weighted by molar-refractivity contribution is 5.73. The van der Waals surface area contributed by atoms with Crippen molar-refractivity contribution >= 4 is 5.91 Å². The van der Waals surface area contributed by atoms with Crippen LogP contribution in [0.1, 0.15) is 13.3 Å². The molecule has 2 fully saturated rings. The van der Waals surface area contributed by atoms with E-state index >= 15 is 0 Å². The molecule has 2 saturated heterocycles. The van der Waals surface area contributed by atoms with Crippen LogP contribution >= 0.6 is 0 Å². The van der Waals surface area contributed by atoms with Crippen LogP contribution < -0.4 is 5.84 Å². The number of carbonyl (C=O) groups excluding carboxylic acids is 1. The maximum atomic E-state index is 11.2. The largest absolute Gasteiger partial charge is 0.342 e. The minimum atomic E-state index is 0.206. The fraction of sp³-hybridized carbons (Fsp3) is 0.889. The Bertz CT molecular complexity index is 219. The molecular weight excluding hydrogens is 166 g/mol. The van der Waals surface area contributed by atoms with Crippen LogP contribution in [0.3, 0.4) is 0 Å². The first-order chi connectivity index (χ1) is 6.16. The zero-order valence-electron chi connectivity index (χ0n) is 8.07. The van der Waals surface area contributed by atoms with Gasteiger partial charge in [0.2, 0.25) is 5.91 Å². The number of hydrogen-bond donors (Lipinski definition) is 1. The molecule has 2 aliphatic heterocycles. The smallest absolute Gasteiger partial charge is 0.219 e. The summed E-state index contributed by atoms with van der Waals surface area (Å²) in [7, 11) is 0. The van der Waals surface area contributed by atoms with E-state index in [1.165, 1.54) is 0 Å². The Morgan fingerprint density at radius 2 is 2.00 bits per heavy atom. The summed E-state index contributed by atoms with van der Waals surface area (Å²) in [6, 6.07) is 0. The molecule has 2 unspecified atom stereocenters. The molecule has 0 aliphatic carbocycles. The molecule has 0 aromatic carbocycles. The highest BCUT2D eigenvalue weighted by Gasteiger charge is 2.37. The molecule has 4 heteroatoms. The van der Waals surface area contributed by atoms with Gasteiger partial charge in [-0.1, -0.05) is 0 Å². The normalized spacial score (nSPS) is 34.8. The van der Waals surface area contributed by atoms with Crippen molar-refractivity contribution in [3.63, 3.8) is 0 Å². The van der Waals surface area contributed by atoms with E-state index in [0.717, 1.165) is 32.6 Å². The van der Waals surface area contributed by atoms with Gasteiger partial charge in [0.05, 0.1) is 0 Å². The average molecular weight is 183 g/mol. The molecule has 74 valence electrons. The zero-order chi connectivity index (χ0) is 9.42. The fourth-order valence-electron chi connectivity index (χ4n) is 2.45. The predicted octanol–water partition coefficient (Wildman–Crippen LogP) is -0.340. The average Bonchev–Trinajstić information content (AvgIpc) is 2.46. The molecule has 0 aromatic rings. The van der Waals surface area contributed by atoms with Crippen molar-refractivity contribution < 1.29 is 4.79 Å². The summed E-state index contributed by atoms with van der Waals surface area (Å²) < 4.78 is 0. The summed E-state index contributed by atoms with van der Waals surface area (Å²) in [5, 5.41) is 1.88. The molecule has 2 N–H and O–H groups in total. The van der Waals surface area contributed by atoms with Gasteiger partial charge in [0, 0.05) is 33.1 Å². The lowest BCUT2D eigenvalue weighted by atomic mass is 9.90. The molecule has 2 heterocycles. The molecule has 0 radical (unpaired) electrons. The van der Waals surface area contributed by atoms with Crippen molar-refractivity contribution in [3.8, 4) is 0 Å². The molecule has 1 amide bonds. The van der Waals surface area contributed by atoms with Crippen LogP contribution in [0.15, 0.2) is 0 Å². The van der Waals surface area contributed by atoms with Crippen LogP contribution in [-0.4, -0.2) is 42.0 Å². The van der Waals surface area contributed by atoms with Gasteiger partial charge in [0.1, 0.15) is 0 Å². The van der Waals surface area contributed by atoms with Gasteiger partial charge in [-0.05, 0) is 18.3 Å². The van der Waals surface area contributed by atoms with E-state index in [-0.39, 0.29) is 5.91 Å². The Morgan fingerprint density at radius 3 is 2.69 bits per heavy atom. The monoisotopic (exact) mass is 183 g/mol. The van der Waals surface area contributed by atoms with Gasteiger partial charge in [0.25, 0.3) is 0 Å². The summed E-state index contributed by atoms with van der Waals surface area (Å²) in [6.07, 6.45) is 1.14. The van der Waals surface area contributed by atoms with E-state index in [9.17, 15) is 4.79 Å². The van der Waals surface area contributed by atoms with Crippen LogP contribution in [0, 0.1) is 11.8 Å². The lowest BCUT2D eigenvalue weighted by Crippen LogP contribution is -2.44. The number of carbonyl (C=O) groups is 1. The van der Waals surface area contributed by atoms with Crippen molar-refractivity contribution in [2.75, 3.05) is 26.2 Å². The quantitative estimate of drug-likeness (QED) is 0.523. The van der Waals surface area contributed by atoms with E-state index in [1.54, 1.807) is 6.92 Å². The molecule has 2 aliphatic rings. The fourth-order valence-corrected chi connectivity index (χ4v) is 2.45. The lowest BCUT2D eigenvalue weighted by molar-refractivity contribution is -0.128. The number of nitrogens with two attached hydrogens (primary N) is 1. The Morgan fingerprint density at radius 1 is 1.31 bits per heavy atom. The number of nitrogens with zero attached hydrogens (tertiary/aromatic N) is 2. The number of piperidine rings is 1. The Kier molecular flexibility index (Phi) is 2.26. The van der Waals surface area contributed by atoms with E-state index in [4.69, 9.17) is 5.84 Å². The van der Waals surface area contributed by atoms with E-state index in [2.05, 4.69) is 0 Å². The third-order valence-corrected chi connectivity index (χ3v) is 3.28. The van der Waals surface area contributed by atoms with Crippen molar-refractivity contribution in [1.82, 2.24) is 9.91 Å². The van der Waals surface area contributed by atoms with Crippen LogP contribution in [0.2, 0.25) is 0 Å². The van der Waals surface area contributed by atoms with Gasteiger partial charge < -0.3 is 4.90 Å². The maximum absolute atomic E-state index is 11.2. The molecule has 2 rings (SSSR count). The predicted molar refractivity (Wildman–Crippen MR) is 49.6 cm³/mol. The zero-order valence-corrected chi connectivity index (χ0v) is 8.07. The molecule has 4 nitrogen and oxygen atoms in total. The first kappa shape index (κ1) is 8.97. The summed E-state index contributed by atoms with van der Waals surface area (Å²) in [6.45, 7) is 5.44. The second-order valence-electron chi connectivity index (χ2n) is 4.23. The van der Waals surface area contributed by atoms with Crippen LogP contribution in [-0.2, 0) is 4.79 Å². The maximum Gasteiger partial charge on any atom is 0.219 e. The van der Waals surface area contributed by atoms with Crippen molar-refractivity contribution in [2.45, 2.75) is 13.3 Å². The Labute approximate surface area is 78.6 Å². The highest BCUT2D eigenvalue weighted by Crippen LogP contribution is 2.29. The molecule has 0 bridgehead atoms. The standard InChI is InChI=1S/C9H17N3O/c1-7(13)11-4-8-2-3-12(10)6-9(8)5-11/h8-9H,2-6,10H2,1H3. The summed E-state index contributed by atoms with van der Waals surface area (Å²) in [4.78, 5) is 13.1. The number of hydrogen-bond acceptors (Lipinski definition) is 3. The summed E-state index contributed by atoms with van der Waals surface area (Å²) >= 11 is 0. The first-order valence-electron chi connectivity index (χ1n) is 4.92. The van der Waals surface area contributed by atoms with Crippen LogP contribution in [0.4, 0.5) is 0 Å². The molecule has 0 saturated carbocycles. The SMILES string of the molecule is CC(=O)N1CC2CCN(N)CC2C1. The topological polar surface area (TPSA) is 49.6 Å². The van der Waals surface area contributed by atoms with Crippen LogP contribution in [0.25, 0.3) is 0 Å². The van der Waals surface area contributed by atoms with Gasteiger partial charge in [-0.15, -0.1) is 0 Å². The van der Waals surface area contributed by atoms with Gasteiger partial charge in [-0.2, -0.15) is 0 Å². The van der Waals surface area contributed by atoms with Crippen molar-refractivity contribution in [3.05, 3.63) is 0 Å². The third kappa shape index (κ3) is 1.69. The molecule has 2 atom stereocenters. The minimum absolute atomic E-state index is 0.206. The van der Waals surface area contributed by atoms with Gasteiger partial charge >= 0.3 is 0 Å². The Hall–Kier alpha value is -0.610. The molecular formula is C9H17N3O. The summed E-state index contributed by atoms with van der Waals surface area (Å²) in [5.74, 6) is 7.26. The second kappa shape index (κ2) is 3.27. The van der Waals surface area contributed by atoms with E-state index in [0.29, 0.717) is 11.8 Å². The van der Waals surface area contributed by atoms with Gasteiger partial charge in [0.15, 0.2) is 0 Å². The van der Waals surface area contributed by atoms with Crippen LogP contribution in [0.5, 0.6) is 0 Å². The molecule has 13 heavy (non-hydrogen) atoms. The van der Waals surface area contributed by atoms with E-state index < -0.39 is 0 Å². The van der Waals surface area contributed by atoms with E-state index in [1.807, 2.05) is 9.91 Å². The third-order valence-electron chi connectivity index (χ3n) is 3.28. The Balaban J connectivity index is 1.98. The highest BCUT2D eigenvalue weighted by atomic mass is 16.2. The number of hydrazine groups is 1. The lowest BCUT2D eigenvalue weighted by Gasteiger charge is -2.30. The number of likely N-dealkylation sites (tertiary alicyclic amines) is 1. The number of amides is 1. The first-order valence-corrected chi connectivity index (χ1v) is 4.92. The second-order valence-corrected chi connectivity index (χ2v) is 4.23. The molecule has 0 spiro atoms. The summed E-state index contributed by atoms with van der Waals surface area (Å²) in [5.41, 5.74) is 0. The van der Waals surface area contributed by atoms with Gasteiger partial charge in [-0.3, -0.25) is 10.6 Å². The van der Waals surface area contributed by atoms with Crippen molar-refractivity contribution in [2.24, 2.45) is 17.7 Å².